The molecule has 15 atom stereocenters. The topological polar surface area (TPSA) is 178 Å². The number of benzene rings is 1. The van der Waals surface area contributed by atoms with Crippen molar-refractivity contribution in [3.63, 3.8) is 0 Å². The molecule has 0 aromatic heterocycles. The van der Waals surface area contributed by atoms with Crippen molar-refractivity contribution in [1.82, 2.24) is 4.90 Å². The van der Waals surface area contributed by atoms with Crippen LogP contribution < -0.4 is 0 Å². The van der Waals surface area contributed by atoms with Crippen LogP contribution in [0.1, 0.15) is 86.6 Å². The summed E-state index contributed by atoms with van der Waals surface area (Å²) < 4.78 is 32.6. The van der Waals surface area contributed by atoms with Gasteiger partial charge >= 0.3 is 5.97 Å². The average molecular weight is 788 g/mol. The monoisotopic (exact) mass is 787 g/mol. The lowest BCUT2D eigenvalue weighted by Crippen LogP contribution is -2.60. The van der Waals surface area contributed by atoms with E-state index in [2.05, 4.69) is 5.16 Å². The fourth-order valence-electron chi connectivity index (χ4n) is 9.08. The molecule has 0 radical (unpaired) electrons. The molecule has 3 N–H and O–H groups in total. The van der Waals surface area contributed by atoms with E-state index in [4.69, 9.17) is 33.5 Å². The first-order valence-corrected chi connectivity index (χ1v) is 20.3. The van der Waals surface area contributed by atoms with Crippen molar-refractivity contribution in [3.05, 3.63) is 35.9 Å². The second-order valence-electron chi connectivity index (χ2n) is 17.2. The Morgan fingerprint density at radius 2 is 1.68 bits per heavy atom. The maximum atomic E-state index is 14.3. The molecule has 0 unspecified atom stereocenters. The fraction of sp³-hybridized carbons (Fsp3) is 0.762. The number of amides is 1. The molecule has 0 spiro atoms. The largest absolute Gasteiger partial charge is 0.459 e. The predicted octanol–water partition coefficient (Wildman–Crippen LogP) is 3.71. The van der Waals surface area contributed by atoms with Gasteiger partial charge in [-0.2, -0.15) is 0 Å². The zero-order valence-electron chi connectivity index (χ0n) is 34.8. The minimum Gasteiger partial charge on any atom is -0.459 e. The van der Waals surface area contributed by atoms with Gasteiger partial charge in [0.2, 0.25) is 6.10 Å². The molecule has 3 fully saturated rings. The number of hydrogen-bond acceptors (Lipinski definition) is 13. The number of rotatable bonds is 7. The number of esters is 1. The van der Waals surface area contributed by atoms with Crippen molar-refractivity contribution < 1.29 is 53.4 Å². The summed E-state index contributed by atoms with van der Waals surface area (Å²) in [5, 5.41) is 40.5. The number of oxime groups is 1. The summed E-state index contributed by atoms with van der Waals surface area (Å²) in [6.07, 6.45) is -5.95. The van der Waals surface area contributed by atoms with E-state index in [1.165, 1.54) is 0 Å². The van der Waals surface area contributed by atoms with Crippen molar-refractivity contribution in [3.8, 4) is 0 Å². The Morgan fingerprint density at radius 1 is 0.982 bits per heavy atom. The Labute approximate surface area is 331 Å². The van der Waals surface area contributed by atoms with Gasteiger partial charge in [-0.15, -0.1) is 0 Å². The molecule has 0 aliphatic carbocycles. The predicted molar refractivity (Wildman–Crippen MR) is 209 cm³/mol. The molecule has 5 rings (SSSR count). The highest BCUT2D eigenvalue weighted by atomic mass is 16.7. The molecule has 0 saturated carbocycles. The first-order valence-electron chi connectivity index (χ1n) is 20.3. The van der Waals surface area contributed by atoms with Crippen LogP contribution in [0.25, 0.3) is 0 Å². The lowest BCUT2D eigenvalue weighted by Gasteiger charge is -2.48. The van der Waals surface area contributed by atoms with Crippen LogP contribution in [0.15, 0.2) is 40.5 Å². The number of carbonyl (C=O) groups is 2. The number of nitrogens with zero attached hydrogens (tertiary/aromatic N) is 3. The van der Waals surface area contributed by atoms with Crippen molar-refractivity contribution in [2.45, 2.75) is 154 Å². The third-order valence-electron chi connectivity index (χ3n) is 12.4. The SMILES string of the molecule is CC[C@H]1OC(=O)[C@H](C)[C@@H](O)[C@H](C)[C@@H](O[C@@H]2O[C@H](C)C[C@H](N(C)C)[C@H]2O)[C@@]2(C)C[C@@H](C)C3=NC(=O)[C@@H](CCc4ccccc4)O/N=C(/CO[C@H]([C@H]3C)[C@]1(C)O)CO2. The lowest BCUT2D eigenvalue weighted by atomic mass is 9.73. The van der Waals surface area contributed by atoms with E-state index in [1.807, 2.05) is 77.0 Å². The molecule has 4 aliphatic rings. The fourth-order valence-corrected chi connectivity index (χ4v) is 9.08. The minimum atomic E-state index is -1.78. The first kappa shape index (κ1) is 44.3. The number of aryl methyl sites for hydroxylation is 1. The summed E-state index contributed by atoms with van der Waals surface area (Å²) in [5.74, 6) is -4.24. The van der Waals surface area contributed by atoms with Gasteiger partial charge in [0.25, 0.3) is 5.91 Å². The number of aliphatic imine (C=N–C) groups is 1. The lowest BCUT2D eigenvalue weighted by molar-refractivity contribution is -0.302. The van der Waals surface area contributed by atoms with E-state index >= 15 is 0 Å². The summed E-state index contributed by atoms with van der Waals surface area (Å²) in [6.45, 7) is 14.0. The second kappa shape index (κ2) is 18.4. The van der Waals surface area contributed by atoms with Crippen molar-refractivity contribution in [2.75, 3.05) is 27.3 Å². The Kier molecular flexibility index (Phi) is 14.6. The van der Waals surface area contributed by atoms with Crippen LogP contribution in [-0.2, 0) is 44.5 Å². The Balaban J connectivity index is 1.67. The number of aliphatic hydroxyl groups excluding tert-OH is 2. The average Bonchev–Trinajstić information content (AvgIpc) is 3.18. The van der Waals surface area contributed by atoms with Gasteiger partial charge in [0.15, 0.2) is 6.29 Å². The molecular weight excluding hydrogens is 722 g/mol. The molecule has 56 heavy (non-hydrogen) atoms. The van der Waals surface area contributed by atoms with E-state index in [1.54, 1.807) is 27.7 Å². The maximum absolute atomic E-state index is 14.3. The molecule has 4 bridgehead atoms. The highest BCUT2D eigenvalue weighted by Gasteiger charge is 2.53. The Bertz CT molecular complexity index is 1560. The molecule has 4 aliphatic heterocycles. The number of hydrogen-bond donors (Lipinski definition) is 3. The Hall–Kier alpha value is -2.82. The molecule has 1 amide bonds. The first-order chi connectivity index (χ1) is 26.4. The quantitative estimate of drug-likeness (QED) is 0.342. The summed E-state index contributed by atoms with van der Waals surface area (Å²) in [5.41, 5.74) is -1.30. The minimum absolute atomic E-state index is 0.131. The molecule has 314 valence electrons. The highest BCUT2D eigenvalue weighted by Crippen LogP contribution is 2.41. The van der Waals surface area contributed by atoms with E-state index in [9.17, 15) is 24.9 Å². The van der Waals surface area contributed by atoms with Crippen LogP contribution in [-0.4, -0.2) is 137 Å². The number of likely N-dealkylation sites (N-methyl/N-ethyl adjacent to an activating group) is 1. The smallest absolute Gasteiger partial charge is 0.311 e. The van der Waals surface area contributed by atoms with Crippen LogP contribution in [0.5, 0.6) is 0 Å². The Morgan fingerprint density at radius 3 is 2.34 bits per heavy atom. The molecular formula is C42H65N3O11. The van der Waals surface area contributed by atoms with Gasteiger partial charge in [-0.1, -0.05) is 63.2 Å². The molecule has 14 nitrogen and oxygen atoms in total. The zero-order valence-corrected chi connectivity index (χ0v) is 34.8. The van der Waals surface area contributed by atoms with Crippen LogP contribution in [0.3, 0.4) is 0 Å². The molecule has 4 heterocycles. The second-order valence-corrected chi connectivity index (χ2v) is 17.2. The van der Waals surface area contributed by atoms with Gasteiger partial charge in [0.1, 0.15) is 23.5 Å². The zero-order chi connectivity index (χ0) is 41.1. The number of fused-ring (bicyclic) bond motifs is 4. The van der Waals surface area contributed by atoms with Crippen LogP contribution >= 0.6 is 0 Å². The van der Waals surface area contributed by atoms with Gasteiger partial charge in [0.05, 0.1) is 49.1 Å². The summed E-state index contributed by atoms with van der Waals surface area (Å²) in [7, 11) is 3.78. The van der Waals surface area contributed by atoms with Gasteiger partial charge in [-0.25, -0.2) is 4.99 Å². The number of ether oxygens (including phenoxy) is 5. The van der Waals surface area contributed by atoms with Crippen LogP contribution in [0.2, 0.25) is 0 Å². The number of carbonyl (C=O) groups excluding carboxylic acids is 2. The van der Waals surface area contributed by atoms with E-state index in [0.717, 1.165) is 5.56 Å². The van der Waals surface area contributed by atoms with E-state index in [0.29, 0.717) is 30.7 Å². The summed E-state index contributed by atoms with van der Waals surface area (Å²) in [4.78, 5) is 40.9. The normalized spacial score (nSPS) is 42.7. The van der Waals surface area contributed by atoms with E-state index < -0.39 is 89.7 Å². The standard InChI is InChI=1S/C42H65N3O11/c1-11-32-42(8,50)37-25(4)33-23(2)20-41(7,52-22-29(21-51-37)44-56-31(38(48)43-33)18-17-28-15-13-12-14-16-28)36(26(5)34(46)27(6)39(49)54-32)55-40-35(47)30(45(9)10)19-24(3)53-40/h12-16,23-27,30-32,34-37,40,46-47,50H,11,17-22H2,1-10H3/b43-33?,44-29-/t23-,24-,25+,26+,27-,30+,31-,32-,34+,35-,36-,37-,40+,41-,42-/m1/s1. The molecule has 1 aromatic rings. The third-order valence-corrected chi connectivity index (χ3v) is 12.4. The van der Waals surface area contributed by atoms with Crippen molar-refractivity contribution in [2.24, 2.45) is 33.8 Å². The van der Waals surface area contributed by atoms with Gasteiger partial charge < -0.3 is 48.7 Å². The van der Waals surface area contributed by atoms with Crippen LogP contribution in [0, 0.1) is 23.7 Å². The summed E-state index contributed by atoms with van der Waals surface area (Å²) in [6, 6.07) is 9.50. The van der Waals surface area contributed by atoms with Gasteiger partial charge in [-0.3, -0.25) is 9.59 Å². The van der Waals surface area contributed by atoms with E-state index in [-0.39, 0.29) is 38.2 Å². The summed E-state index contributed by atoms with van der Waals surface area (Å²) >= 11 is 0. The van der Waals surface area contributed by atoms with Gasteiger partial charge in [-0.05, 0) is 79.0 Å². The third kappa shape index (κ3) is 9.71. The number of cyclic esters (lactones) is 1. The number of aliphatic hydroxyl groups is 3. The van der Waals surface area contributed by atoms with Gasteiger partial charge in [0, 0.05) is 30.0 Å². The van der Waals surface area contributed by atoms with Crippen molar-refractivity contribution in [1.29, 1.82) is 0 Å². The van der Waals surface area contributed by atoms with Crippen molar-refractivity contribution >= 4 is 23.3 Å². The molecule has 14 heteroatoms. The van der Waals surface area contributed by atoms with Crippen LogP contribution in [0.4, 0.5) is 0 Å². The highest BCUT2D eigenvalue weighted by molar-refractivity contribution is 6.00. The maximum Gasteiger partial charge on any atom is 0.311 e. The molecule has 3 saturated heterocycles. The molecule has 1 aromatic carbocycles.